The topological polar surface area (TPSA) is 72.2 Å². The molecule has 20 heavy (non-hydrogen) atoms. The Kier molecular flexibility index (Phi) is 3.87. The van der Waals surface area contributed by atoms with E-state index in [0.717, 1.165) is 12.1 Å². The van der Waals surface area contributed by atoms with Gasteiger partial charge in [-0.2, -0.15) is 0 Å². The van der Waals surface area contributed by atoms with Crippen molar-refractivity contribution in [2.45, 2.75) is 11.8 Å². The molecule has 2 aromatic carbocycles. The molecular weight excluding hydrogens is 303 g/mol. The van der Waals surface area contributed by atoms with Gasteiger partial charge in [-0.25, -0.2) is 12.8 Å². The third-order valence-corrected chi connectivity index (χ3v) is 4.44. The molecule has 3 N–H and O–H groups in total. The van der Waals surface area contributed by atoms with Crippen LogP contribution < -0.4 is 10.5 Å². The highest BCUT2D eigenvalue weighted by Gasteiger charge is 2.18. The number of sulfonamides is 1. The number of nitrogens with one attached hydrogen (secondary N) is 1. The van der Waals surface area contributed by atoms with Crippen LogP contribution in [0.2, 0.25) is 5.02 Å². The number of hydrogen-bond acceptors (Lipinski definition) is 3. The fraction of sp³-hybridized carbons (Fsp3) is 0.0769. The van der Waals surface area contributed by atoms with E-state index in [1.165, 1.54) is 12.1 Å². The second-order valence-corrected chi connectivity index (χ2v) is 6.33. The Hall–Kier alpha value is -1.79. The van der Waals surface area contributed by atoms with Crippen LogP contribution in [0.3, 0.4) is 0 Å². The maximum Gasteiger partial charge on any atom is 0.262 e. The highest BCUT2D eigenvalue weighted by atomic mass is 35.5. The number of halogens is 2. The lowest BCUT2D eigenvalue weighted by Crippen LogP contribution is -2.15. The molecule has 0 aromatic heterocycles. The summed E-state index contributed by atoms with van der Waals surface area (Å²) in [5.74, 6) is -0.584. The first kappa shape index (κ1) is 14.6. The molecule has 2 aromatic rings. The Morgan fingerprint density at radius 3 is 2.60 bits per heavy atom. The monoisotopic (exact) mass is 314 g/mol. The van der Waals surface area contributed by atoms with Gasteiger partial charge in [0.1, 0.15) is 5.82 Å². The molecule has 106 valence electrons. The van der Waals surface area contributed by atoms with Crippen LogP contribution in [0.25, 0.3) is 0 Å². The largest absolute Gasteiger partial charge is 0.397 e. The molecule has 0 unspecified atom stereocenters. The summed E-state index contributed by atoms with van der Waals surface area (Å²) in [5.41, 5.74) is 6.27. The molecule has 0 aliphatic rings. The van der Waals surface area contributed by atoms with E-state index in [0.29, 0.717) is 10.6 Å². The first-order valence-corrected chi connectivity index (χ1v) is 7.50. The second kappa shape index (κ2) is 5.30. The van der Waals surface area contributed by atoms with Crippen LogP contribution in [-0.4, -0.2) is 8.42 Å². The zero-order valence-electron chi connectivity index (χ0n) is 10.5. The molecule has 4 nitrogen and oxygen atoms in total. The van der Waals surface area contributed by atoms with E-state index in [1.54, 1.807) is 19.1 Å². The number of anilines is 2. The molecule has 0 fully saturated rings. The van der Waals surface area contributed by atoms with Gasteiger partial charge in [-0.1, -0.05) is 17.7 Å². The summed E-state index contributed by atoms with van der Waals surface area (Å²) in [6.45, 7) is 1.64. The Balaban J connectivity index is 2.46. The van der Waals surface area contributed by atoms with E-state index < -0.39 is 15.8 Å². The van der Waals surface area contributed by atoms with E-state index in [2.05, 4.69) is 4.72 Å². The van der Waals surface area contributed by atoms with Crippen molar-refractivity contribution in [3.8, 4) is 0 Å². The third kappa shape index (κ3) is 3.02. The Bertz CT molecular complexity index is 763. The standard InChI is InChI=1S/C13H12ClFN2O2S/c1-8-2-3-9(14)6-13(8)20(18,19)17-12-7-10(15)4-5-11(12)16/h2-7,17H,16H2,1H3. The minimum Gasteiger partial charge on any atom is -0.397 e. The molecular formula is C13H12ClFN2O2S. The molecule has 0 spiro atoms. The van der Waals surface area contributed by atoms with Crippen molar-refractivity contribution in [2.24, 2.45) is 0 Å². The van der Waals surface area contributed by atoms with Crippen molar-refractivity contribution in [3.63, 3.8) is 0 Å². The van der Waals surface area contributed by atoms with Gasteiger partial charge in [0.25, 0.3) is 10.0 Å². The van der Waals surface area contributed by atoms with E-state index in [9.17, 15) is 12.8 Å². The van der Waals surface area contributed by atoms with Crippen molar-refractivity contribution in [3.05, 3.63) is 52.8 Å². The molecule has 0 saturated heterocycles. The SMILES string of the molecule is Cc1ccc(Cl)cc1S(=O)(=O)Nc1cc(F)ccc1N. The first-order chi connectivity index (χ1) is 9.29. The van der Waals surface area contributed by atoms with E-state index in [4.69, 9.17) is 17.3 Å². The van der Waals surface area contributed by atoms with Crippen molar-refractivity contribution >= 4 is 33.0 Å². The number of hydrogen-bond donors (Lipinski definition) is 2. The Morgan fingerprint density at radius 2 is 1.90 bits per heavy atom. The quantitative estimate of drug-likeness (QED) is 0.855. The summed E-state index contributed by atoms with van der Waals surface area (Å²) < 4.78 is 40.0. The van der Waals surface area contributed by atoms with Gasteiger partial charge in [0.05, 0.1) is 16.3 Å². The second-order valence-electron chi connectivity index (χ2n) is 4.25. The average Bonchev–Trinajstić information content (AvgIpc) is 2.36. The lowest BCUT2D eigenvalue weighted by atomic mass is 10.2. The average molecular weight is 315 g/mol. The first-order valence-electron chi connectivity index (χ1n) is 5.63. The highest BCUT2D eigenvalue weighted by molar-refractivity contribution is 7.92. The van der Waals surface area contributed by atoms with Crippen LogP contribution in [-0.2, 0) is 10.0 Å². The van der Waals surface area contributed by atoms with E-state index >= 15 is 0 Å². The number of aryl methyl sites for hydroxylation is 1. The van der Waals surface area contributed by atoms with Crippen LogP contribution in [0.1, 0.15) is 5.56 Å². The summed E-state index contributed by atoms with van der Waals surface area (Å²) >= 11 is 5.81. The summed E-state index contributed by atoms with van der Waals surface area (Å²) in [6, 6.07) is 7.97. The lowest BCUT2D eigenvalue weighted by Gasteiger charge is -2.12. The molecule has 0 amide bonds. The summed E-state index contributed by atoms with van der Waals surface area (Å²) in [7, 11) is -3.89. The van der Waals surface area contributed by atoms with Crippen LogP contribution in [0, 0.1) is 12.7 Å². The van der Waals surface area contributed by atoms with Crippen LogP contribution in [0.4, 0.5) is 15.8 Å². The van der Waals surface area contributed by atoms with Crippen molar-refractivity contribution in [1.82, 2.24) is 0 Å². The predicted octanol–water partition coefficient (Wildman–Crippen LogP) is 3.17. The Morgan fingerprint density at radius 1 is 1.20 bits per heavy atom. The van der Waals surface area contributed by atoms with Crippen molar-refractivity contribution in [2.75, 3.05) is 10.5 Å². The van der Waals surface area contributed by atoms with Crippen molar-refractivity contribution in [1.29, 1.82) is 0 Å². The van der Waals surface area contributed by atoms with E-state index in [-0.39, 0.29) is 16.3 Å². The third-order valence-electron chi connectivity index (χ3n) is 2.70. The highest BCUT2D eigenvalue weighted by Crippen LogP contribution is 2.26. The van der Waals surface area contributed by atoms with Crippen LogP contribution >= 0.6 is 11.6 Å². The summed E-state index contributed by atoms with van der Waals surface area (Å²) in [6.07, 6.45) is 0. The molecule has 7 heteroatoms. The molecule has 2 rings (SSSR count). The molecule has 0 radical (unpaired) electrons. The van der Waals surface area contributed by atoms with Crippen LogP contribution in [0.15, 0.2) is 41.3 Å². The molecule has 0 bridgehead atoms. The summed E-state index contributed by atoms with van der Waals surface area (Å²) in [4.78, 5) is 0.0219. The normalized spacial score (nSPS) is 11.3. The maximum absolute atomic E-state index is 13.2. The zero-order valence-corrected chi connectivity index (χ0v) is 12.1. The van der Waals surface area contributed by atoms with Gasteiger partial charge in [0, 0.05) is 11.1 Å². The van der Waals surface area contributed by atoms with Gasteiger partial charge in [-0.05, 0) is 36.8 Å². The summed E-state index contributed by atoms with van der Waals surface area (Å²) in [5, 5.41) is 0.295. The van der Waals surface area contributed by atoms with Gasteiger partial charge in [0.2, 0.25) is 0 Å². The Labute approximate surface area is 121 Å². The van der Waals surface area contributed by atoms with Gasteiger partial charge < -0.3 is 5.73 Å². The fourth-order valence-corrected chi connectivity index (χ4v) is 3.27. The molecule has 0 aliphatic carbocycles. The smallest absolute Gasteiger partial charge is 0.262 e. The number of benzene rings is 2. The molecule has 0 heterocycles. The minimum absolute atomic E-state index is 0.00984. The van der Waals surface area contributed by atoms with Gasteiger partial charge in [-0.3, -0.25) is 4.72 Å². The van der Waals surface area contributed by atoms with Crippen LogP contribution in [0.5, 0.6) is 0 Å². The molecule has 0 aliphatic heterocycles. The molecule has 0 saturated carbocycles. The fourth-order valence-electron chi connectivity index (χ4n) is 1.68. The zero-order chi connectivity index (χ0) is 14.9. The maximum atomic E-state index is 13.2. The number of nitrogens with two attached hydrogens (primary N) is 1. The minimum atomic E-state index is -3.89. The van der Waals surface area contributed by atoms with Gasteiger partial charge in [-0.15, -0.1) is 0 Å². The lowest BCUT2D eigenvalue weighted by molar-refractivity contribution is 0.600. The van der Waals surface area contributed by atoms with E-state index in [1.807, 2.05) is 0 Å². The van der Waals surface area contributed by atoms with Gasteiger partial charge in [0.15, 0.2) is 0 Å². The molecule has 0 atom stereocenters. The van der Waals surface area contributed by atoms with Gasteiger partial charge >= 0.3 is 0 Å². The van der Waals surface area contributed by atoms with Crippen molar-refractivity contribution < 1.29 is 12.8 Å². The predicted molar refractivity (Wildman–Crippen MR) is 77.8 cm³/mol. The number of nitrogen functional groups attached to an aromatic ring is 1. The number of rotatable bonds is 3.